The summed E-state index contributed by atoms with van der Waals surface area (Å²) in [7, 11) is 0. The molecule has 5 rings (SSSR count). The molecular weight excluding hydrogens is 390 g/mol. The first kappa shape index (κ1) is 19.1. The maximum Gasteiger partial charge on any atom is 0.191 e. The van der Waals surface area contributed by atoms with Crippen molar-refractivity contribution in [2.45, 2.75) is 50.1 Å². The molecule has 30 heavy (non-hydrogen) atoms. The Morgan fingerprint density at radius 1 is 0.933 bits per heavy atom. The van der Waals surface area contributed by atoms with E-state index in [-0.39, 0.29) is 0 Å². The molecule has 1 aliphatic rings. The number of aryl methyl sites for hydroxylation is 2. The average Bonchev–Trinajstić information content (AvgIpc) is 3.44. The van der Waals surface area contributed by atoms with Crippen LogP contribution in [0, 0.1) is 13.8 Å². The highest BCUT2D eigenvalue weighted by molar-refractivity contribution is 7.98. The van der Waals surface area contributed by atoms with Crippen molar-refractivity contribution in [3.8, 4) is 5.69 Å². The minimum atomic E-state index is 0.579. The fourth-order valence-corrected chi connectivity index (χ4v) is 4.64. The minimum absolute atomic E-state index is 0.579. The lowest BCUT2D eigenvalue weighted by Gasteiger charge is -2.10. The smallest absolute Gasteiger partial charge is 0.191 e. The Bertz CT molecular complexity index is 1140. The van der Waals surface area contributed by atoms with E-state index in [4.69, 9.17) is 0 Å². The van der Waals surface area contributed by atoms with Crippen molar-refractivity contribution in [2.24, 2.45) is 0 Å². The molecule has 0 spiro atoms. The van der Waals surface area contributed by atoms with Crippen LogP contribution in [0.5, 0.6) is 0 Å². The zero-order valence-electron chi connectivity index (χ0n) is 17.3. The molecule has 2 aromatic heterocycles. The molecule has 2 heterocycles. The van der Waals surface area contributed by atoms with Crippen LogP contribution < -0.4 is 0 Å². The summed E-state index contributed by atoms with van der Waals surface area (Å²) in [5.41, 5.74) is 5.84. The number of aromatic nitrogens is 5. The first-order chi connectivity index (χ1) is 14.7. The van der Waals surface area contributed by atoms with Gasteiger partial charge in [0.05, 0.1) is 17.9 Å². The molecule has 0 amide bonds. The van der Waals surface area contributed by atoms with E-state index in [1.165, 1.54) is 24.0 Å². The molecule has 0 atom stereocenters. The van der Waals surface area contributed by atoms with E-state index in [9.17, 15) is 0 Å². The molecule has 1 fully saturated rings. The third-order valence-electron chi connectivity index (χ3n) is 5.43. The van der Waals surface area contributed by atoms with E-state index in [0.29, 0.717) is 5.92 Å². The maximum absolute atomic E-state index is 4.57. The minimum Gasteiger partial charge on any atom is -0.301 e. The van der Waals surface area contributed by atoms with Crippen molar-refractivity contribution in [3.05, 3.63) is 89.0 Å². The molecule has 5 nitrogen and oxygen atoms in total. The summed E-state index contributed by atoms with van der Waals surface area (Å²) in [5, 5.41) is 14.6. The number of nitrogens with zero attached hydrogens (tertiary/aromatic N) is 5. The molecule has 1 aliphatic carbocycles. The lowest BCUT2D eigenvalue weighted by Crippen LogP contribution is -2.06. The quantitative estimate of drug-likeness (QED) is 0.384. The summed E-state index contributed by atoms with van der Waals surface area (Å²) in [6, 6.07) is 21.3. The molecular formula is C24H25N5S. The van der Waals surface area contributed by atoms with Crippen molar-refractivity contribution in [2.75, 3.05) is 0 Å². The van der Waals surface area contributed by atoms with E-state index < -0.39 is 0 Å². The Hall–Kier alpha value is -2.86. The van der Waals surface area contributed by atoms with Gasteiger partial charge < -0.3 is 4.57 Å². The van der Waals surface area contributed by atoms with Crippen LogP contribution in [0.25, 0.3) is 5.69 Å². The summed E-state index contributed by atoms with van der Waals surface area (Å²) in [5.74, 6) is 2.59. The van der Waals surface area contributed by atoms with Gasteiger partial charge in [0.2, 0.25) is 0 Å². The standard InChI is InChI=1S/C24H25N5S/c1-17-14-18(2)29(27-17)22-12-8-20(9-13-22)16-30-24-26-25-23(21-10-11-21)28(24)15-19-6-4-3-5-7-19/h3-9,12-14,21H,10-11,15-16H2,1-2H3. The van der Waals surface area contributed by atoms with Gasteiger partial charge in [-0.2, -0.15) is 5.10 Å². The maximum atomic E-state index is 4.57. The molecule has 4 aromatic rings. The Balaban J connectivity index is 1.32. The number of thioether (sulfide) groups is 1. The lowest BCUT2D eigenvalue weighted by molar-refractivity contribution is 0.667. The van der Waals surface area contributed by atoms with Crippen molar-refractivity contribution in [1.82, 2.24) is 24.5 Å². The van der Waals surface area contributed by atoms with Gasteiger partial charge in [-0.3, -0.25) is 0 Å². The monoisotopic (exact) mass is 415 g/mol. The predicted molar refractivity (Wildman–Crippen MR) is 120 cm³/mol. The highest BCUT2D eigenvalue weighted by Crippen LogP contribution is 2.40. The van der Waals surface area contributed by atoms with Gasteiger partial charge in [0.1, 0.15) is 5.82 Å². The second-order valence-corrected chi connectivity index (χ2v) is 8.92. The first-order valence-electron chi connectivity index (χ1n) is 10.4. The van der Waals surface area contributed by atoms with Gasteiger partial charge >= 0.3 is 0 Å². The molecule has 0 bridgehead atoms. The third-order valence-corrected chi connectivity index (χ3v) is 6.47. The van der Waals surface area contributed by atoms with Crippen LogP contribution >= 0.6 is 11.8 Å². The zero-order valence-corrected chi connectivity index (χ0v) is 18.1. The SMILES string of the molecule is Cc1cc(C)n(-c2ccc(CSc3nnc(C4CC4)n3Cc3ccccc3)cc2)n1. The third kappa shape index (κ3) is 4.05. The van der Waals surface area contributed by atoms with Gasteiger partial charge in [-0.05, 0) is 56.0 Å². The van der Waals surface area contributed by atoms with Crippen LogP contribution in [0.1, 0.15) is 47.1 Å². The molecule has 0 radical (unpaired) electrons. The van der Waals surface area contributed by atoms with Crippen molar-refractivity contribution < 1.29 is 0 Å². The van der Waals surface area contributed by atoms with Crippen molar-refractivity contribution >= 4 is 11.8 Å². The van der Waals surface area contributed by atoms with Gasteiger partial charge in [-0.1, -0.05) is 54.2 Å². The molecule has 0 aliphatic heterocycles. The van der Waals surface area contributed by atoms with Gasteiger partial charge in [-0.15, -0.1) is 10.2 Å². The van der Waals surface area contributed by atoms with Crippen molar-refractivity contribution in [3.63, 3.8) is 0 Å². The molecule has 0 saturated heterocycles. The van der Waals surface area contributed by atoms with E-state index in [1.807, 2.05) is 11.6 Å². The number of rotatable bonds is 7. The van der Waals surface area contributed by atoms with Crippen molar-refractivity contribution in [1.29, 1.82) is 0 Å². The molecule has 0 unspecified atom stereocenters. The average molecular weight is 416 g/mol. The van der Waals surface area contributed by atoms with E-state index in [2.05, 4.69) is 87.5 Å². The van der Waals surface area contributed by atoms with E-state index >= 15 is 0 Å². The van der Waals surface area contributed by atoms with Crippen LogP contribution in [0.4, 0.5) is 0 Å². The highest BCUT2D eigenvalue weighted by Gasteiger charge is 2.30. The Morgan fingerprint density at radius 3 is 2.37 bits per heavy atom. The Labute approximate surface area is 181 Å². The Kier molecular flexibility index (Phi) is 5.17. The lowest BCUT2D eigenvalue weighted by atomic mass is 10.2. The topological polar surface area (TPSA) is 48.5 Å². The summed E-state index contributed by atoms with van der Waals surface area (Å²) in [6.07, 6.45) is 2.46. The van der Waals surface area contributed by atoms with Crippen LogP contribution in [0.2, 0.25) is 0 Å². The van der Waals surface area contributed by atoms with Crippen LogP contribution in [0.15, 0.2) is 65.8 Å². The summed E-state index contributed by atoms with van der Waals surface area (Å²) >= 11 is 1.76. The summed E-state index contributed by atoms with van der Waals surface area (Å²) in [6.45, 7) is 4.94. The normalized spacial score (nSPS) is 13.7. The van der Waals surface area contributed by atoms with Gasteiger partial charge in [0.15, 0.2) is 5.16 Å². The fourth-order valence-electron chi connectivity index (χ4n) is 3.74. The number of benzene rings is 2. The van der Waals surface area contributed by atoms with E-state index in [1.54, 1.807) is 11.8 Å². The van der Waals surface area contributed by atoms with Gasteiger partial charge in [0, 0.05) is 17.4 Å². The van der Waals surface area contributed by atoms with Crippen LogP contribution in [0.3, 0.4) is 0 Å². The number of hydrogen-bond acceptors (Lipinski definition) is 4. The van der Waals surface area contributed by atoms with Crippen LogP contribution in [-0.2, 0) is 12.3 Å². The summed E-state index contributed by atoms with van der Waals surface area (Å²) in [4.78, 5) is 0. The predicted octanol–water partition coefficient (Wildman–Crippen LogP) is 5.30. The van der Waals surface area contributed by atoms with Gasteiger partial charge in [-0.25, -0.2) is 4.68 Å². The zero-order chi connectivity index (χ0) is 20.5. The molecule has 0 N–H and O–H groups in total. The fraction of sp³-hybridized carbons (Fsp3) is 0.292. The Morgan fingerprint density at radius 2 is 1.70 bits per heavy atom. The van der Waals surface area contributed by atoms with Crippen LogP contribution in [-0.4, -0.2) is 24.5 Å². The van der Waals surface area contributed by atoms with Gasteiger partial charge in [0.25, 0.3) is 0 Å². The second-order valence-electron chi connectivity index (χ2n) is 7.98. The largest absolute Gasteiger partial charge is 0.301 e. The first-order valence-corrected chi connectivity index (χ1v) is 11.4. The molecule has 2 aromatic carbocycles. The summed E-state index contributed by atoms with van der Waals surface area (Å²) < 4.78 is 4.30. The molecule has 152 valence electrons. The second kappa shape index (κ2) is 8.11. The number of hydrogen-bond donors (Lipinski definition) is 0. The molecule has 6 heteroatoms. The highest BCUT2D eigenvalue weighted by atomic mass is 32.2. The van der Waals surface area contributed by atoms with E-state index in [0.717, 1.165) is 40.4 Å². The molecule has 1 saturated carbocycles.